The minimum atomic E-state index is -0.321. The van der Waals surface area contributed by atoms with Gasteiger partial charge in [-0.2, -0.15) is 0 Å². The summed E-state index contributed by atoms with van der Waals surface area (Å²) in [6.45, 7) is 7.71. The van der Waals surface area contributed by atoms with E-state index >= 15 is 0 Å². The van der Waals surface area contributed by atoms with Crippen LogP contribution < -0.4 is 14.4 Å². The molecule has 0 aliphatic carbocycles. The first-order valence-corrected chi connectivity index (χ1v) is 13.1. The molecule has 2 aliphatic rings. The van der Waals surface area contributed by atoms with Crippen molar-refractivity contribution in [3.05, 3.63) is 52.8 Å². The van der Waals surface area contributed by atoms with E-state index in [0.717, 1.165) is 37.5 Å². The van der Waals surface area contributed by atoms with E-state index in [4.69, 9.17) is 9.47 Å². The van der Waals surface area contributed by atoms with Crippen molar-refractivity contribution in [2.24, 2.45) is 0 Å². The third-order valence-electron chi connectivity index (χ3n) is 7.87. The van der Waals surface area contributed by atoms with Gasteiger partial charge in [-0.1, -0.05) is 6.07 Å². The predicted octanol–water partition coefficient (Wildman–Crippen LogP) is 5.11. The number of carbonyl (C=O) groups is 1. The number of rotatable bonds is 8. The molecule has 2 aromatic carbocycles. The molecule has 0 bridgehead atoms. The van der Waals surface area contributed by atoms with Gasteiger partial charge in [0.1, 0.15) is 5.75 Å². The average Bonchev–Trinajstić information content (AvgIpc) is 2.88. The second-order valence-electron chi connectivity index (χ2n) is 10.2. The van der Waals surface area contributed by atoms with Crippen LogP contribution in [0.5, 0.6) is 11.5 Å². The van der Waals surface area contributed by atoms with Crippen LogP contribution in [-0.4, -0.2) is 69.2 Å². The number of piperidine rings is 1. The lowest BCUT2D eigenvalue weighted by Gasteiger charge is -2.49. The highest BCUT2D eigenvalue weighted by molar-refractivity contribution is 5.75. The first kappa shape index (κ1) is 26.3. The summed E-state index contributed by atoms with van der Waals surface area (Å²) < 4.78 is 25.2. The zero-order valence-electron chi connectivity index (χ0n) is 22.3. The molecule has 0 N–H and O–H groups in total. The summed E-state index contributed by atoms with van der Waals surface area (Å²) in [7, 11) is 5.08. The summed E-state index contributed by atoms with van der Waals surface area (Å²) in [6.07, 6.45) is 4.75. The van der Waals surface area contributed by atoms with Gasteiger partial charge in [-0.05, 0) is 74.4 Å². The fraction of sp³-hybridized carbons (Fsp3) is 0.552. The van der Waals surface area contributed by atoms with Gasteiger partial charge in [0, 0.05) is 64.0 Å². The van der Waals surface area contributed by atoms with E-state index in [1.807, 2.05) is 12.1 Å². The second kappa shape index (κ2) is 11.5. The molecular weight excluding hydrogens is 457 g/mol. The van der Waals surface area contributed by atoms with E-state index in [0.29, 0.717) is 37.3 Å². The van der Waals surface area contributed by atoms with Crippen molar-refractivity contribution in [1.29, 1.82) is 0 Å². The van der Waals surface area contributed by atoms with Crippen LogP contribution in [-0.2, 0) is 4.79 Å². The summed E-state index contributed by atoms with van der Waals surface area (Å²) in [5.41, 5.74) is 4.90. The summed E-state index contributed by atoms with van der Waals surface area (Å²) in [5, 5.41) is 0. The van der Waals surface area contributed by atoms with E-state index in [2.05, 4.69) is 35.8 Å². The Balaban J connectivity index is 1.42. The molecule has 7 heteroatoms. The Bertz CT molecular complexity index is 1070. The molecule has 2 heterocycles. The first-order chi connectivity index (χ1) is 17.3. The molecule has 0 saturated carbocycles. The number of halogens is 1. The van der Waals surface area contributed by atoms with Crippen LogP contribution in [0.2, 0.25) is 0 Å². The monoisotopic (exact) mass is 497 g/mol. The molecule has 2 saturated heterocycles. The molecular formula is C29H40FN3O3. The van der Waals surface area contributed by atoms with Gasteiger partial charge in [0.25, 0.3) is 0 Å². The fourth-order valence-corrected chi connectivity index (χ4v) is 5.63. The van der Waals surface area contributed by atoms with Crippen molar-refractivity contribution in [3.63, 3.8) is 0 Å². The van der Waals surface area contributed by atoms with Gasteiger partial charge in [0.15, 0.2) is 11.6 Å². The Morgan fingerprint density at radius 1 is 1.08 bits per heavy atom. The van der Waals surface area contributed by atoms with Gasteiger partial charge in [-0.3, -0.25) is 9.69 Å². The van der Waals surface area contributed by atoms with Crippen molar-refractivity contribution in [3.8, 4) is 11.5 Å². The third-order valence-corrected chi connectivity index (χ3v) is 7.87. The maximum Gasteiger partial charge on any atom is 0.222 e. The largest absolute Gasteiger partial charge is 0.494 e. The minimum Gasteiger partial charge on any atom is -0.494 e. The number of carbonyl (C=O) groups excluding carboxylic acids is 1. The standard InChI is InChI=1S/C29H40FN3O3/c1-20-21(2)27(36-17-7-10-29(34)31(3)4)14-12-24(20)26-9-6-8-23-19-32(15-16-33(23)26)22-11-13-25(30)28(18-22)35-5/h11-14,18,23,26H,6-10,15-17,19H2,1-5H3/t23?,26-/m1/s1. The van der Waals surface area contributed by atoms with Gasteiger partial charge < -0.3 is 19.3 Å². The third kappa shape index (κ3) is 5.61. The minimum absolute atomic E-state index is 0.132. The number of hydrogen-bond acceptors (Lipinski definition) is 5. The highest BCUT2D eigenvalue weighted by Gasteiger charge is 2.36. The lowest BCUT2D eigenvalue weighted by atomic mass is 9.86. The van der Waals surface area contributed by atoms with Gasteiger partial charge in [0.2, 0.25) is 5.91 Å². The van der Waals surface area contributed by atoms with Crippen LogP contribution in [0.3, 0.4) is 0 Å². The number of piperazine rings is 1. The molecule has 2 fully saturated rings. The SMILES string of the molecule is COc1cc(N2CCN3C(CCC[C@@H]3c3ccc(OCCCC(=O)N(C)C)c(C)c3C)C2)ccc1F. The maximum atomic E-state index is 13.9. The lowest BCUT2D eigenvalue weighted by Crippen LogP contribution is -2.56. The Kier molecular flexibility index (Phi) is 8.39. The molecule has 0 aromatic heterocycles. The molecule has 2 aliphatic heterocycles. The average molecular weight is 498 g/mol. The smallest absolute Gasteiger partial charge is 0.222 e. The number of fused-ring (bicyclic) bond motifs is 1. The second-order valence-corrected chi connectivity index (χ2v) is 10.2. The molecule has 1 amide bonds. The molecule has 36 heavy (non-hydrogen) atoms. The van der Waals surface area contributed by atoms with Crippen molar-refractivity contribution < 1.29 is 18.7 Å². The number of anilines is 1. The summed E-state index contributed by atoms with van der Waals surface area (Å²) in [4.78, 5) is 18.5. The van der Waals surface area contributed by atoms with Crippen LogP contribution >= 0.6 is 0 Å². The molecule has 196 valence electrons. The van der Waals surface area contributed by atoms with Gasteiger partial charge in [-0.15, -0.1) is 0 Å². The van der Waals surface area contributed by atoms with E-state index in [-0.39, 0.29) is 11.7 Å². The van der Waals surface area contributed by atoms with Crippen molar-refractivity contribution in [2.75, 3.05) is 52.3 Å². The van der Waals surface area contributed by atoms with Crippen LogP contribution in [0.1, 0.15) is 54.8 Å². The Morgan fingerprint density at radius 2 is 1.89 bits per heavy atom. The van der Waals surface area contributed by atoms with Crippen molar-refractivity contribution in [2.45, 2.75) is 58.0 Å². The Labute approximate surface area is 215 Å². The van der Waals surface area contributed by atoms with E-state index in [1.165, 1.54) is 42.7 Å². The molecule has 4 rings (SSSR count). The topological polar surface area (TPSA) is 45.3 Å². The number of methoxy groups -OCH3 is 1. The first-order valence-electron chi connectivity index (χ1n) is 13.1. The van der Waals surface area contributed by atoms with Crippen LogP contribution in [0.15, 0.2) is 30.3 Å². The number of nitrogens with zero attached hydrogens (tertiary/aromatic N) is 3. The number of ether oxygens (including phenoxy) is 2. The summed E-state index contributed by atoms with van der Waals surface area (Å²) in [5.74, 6) is 1.02. The number of hydrogen-bond donors (Lipinski definition) is 0. The van der Waals surface area contributed by atoms with Crippen molar-refractivity contribution >= 4 is 11.6 Å². The van der Waals surface area contributed by atoms with Crippen LogP contribution in [0.25, 0.3) is 0 Å². The van der Waals surface area contributed by atoms with E-state index in [9.17, 15) is 9.18 Å². The summed E-state index contributed by atoms with van der Waals surface area (Å²) >= 11 is 0. The van der Waals surface area contributed by atoms with E-state index in [1.54, 1.807) is 19.0 Å². The molecule has 0 radical (unpaired) electrons. The zero-order chi connectivity index (χ0) is 25.8. The predicted molar refractivity (Wildman–Crippen MR) is 142 cm³/mol. The normalized spacial score (nSPS) is 20.1. The summed E-state index contributed by atoms with van der Waals surface area (Å²) in [6, 6.07) is 10.4. The highest BCUT2D eigenvalue weighted by Crippen LogP contribution is 2.40. The van der Waals surface area contributed by atoms with E-state index < -0.39 is 0 Å². The fourth-order valence-electron chi connectivity index (χ4n) is 5.63. The quantitative estimate of drug-likeness (QED) is 0.474. The molecule has 6 nitrogen and oxygen atoms in total. The number of benzene rings is 2. The Hall–Kier alpha value is -2.80. The zero-order valence-corrected chi connectivity index (χ0v) is 22.3. The number of amides is 1. The Morgan fingerprint density at radius 3 is 2.64 bits per heavy atom. The maximum absolute atomic E-state index is 13.9. The molecule has 1 unspecified atom stereocenters. The van der Waals surface area contributed by atoms with Gasteiger partial charge >= 0.3 is 0 Å². The van der Waals surface area contributed by atoms with Crippen molar-refractivity contribution in [1.82, 2.24) is 9.80 Å². The van der Waals surface area contributed by atoms with Gasteiger partial charge in [0.05, 0.1) is 13.7 Å². The van der Waals surface area contributed by atoms with Crippen LogP contribution in [0.4, 0.5) is 10.1 Å². The molecule has 0 spiro atoms. The van der Waals surface area contributed by atoms with Gasteiger partial charge in [-0.25, -0.2) is 4.39 Å². The molecule has 2 aromatic rings. The lowest BCUT2D eigenvalue weighted by molar-refractivity contribution is -0.128. The van der Waals surface area contributed by atoms with Crippen LogP contribution in [0, 0.1) is 19.7 Å². The highest BCUT2D eigenvalue weighted by atomic mass is 19.1. The molecule has 2 atom stereocenters.